The normalized spacial score (nSPS) is 15.1. The highest BCUT2D eigenvalue weighted by Crippen LogP contribution is 2.46. The number of allylic oxidation sites excluding steroid dienone is 4. The molecule has 0 aliphatic heterocycles. The van der Waals surface area contributed by atoms with E-state index in [1.165, 1.54) is 84.9 Å². The molecule has 3 aromatic heterocycles. The van der Waals surface area contributed by atoms with E-state index in [2.05, 4.69) is 156 Å². The maximum atomic E-state index is 5.52. The highest BCUT2D eigenvalue weighted by atomic mass is 32.1. The van der Waals surface area contributed by atoms with Gasteiger partial charge in [-0.2, -0.15) is 0 Å². The van der Waals surface area contributed by atoms with Gasteiger partial charge in [0.1, 0.15) is 0 Å². The average Bonchev–Trinajstić information content (AvgIpc) is 3.86. The molecular formula is C45H28N2S2. The highest BCUT2D eigenvalue weighted by molar-refractivity contribution is 7.26. The first-order chi connectivity index (χ1) is 24.3. The minimum absolute atomic E-state index is 0.275. The van der Waals surface area contributed by atoms with Crippen LogP contribution in [-0.4, -0.2) is 9.55 Å². The van der Waals surface area contributed by atoms with Gasteiger partial charge < -0.3 is 0 Å². The first-order valence-corrected chi connectivity index (χ1v) is 18.5. The molecule has 2 nitrogen and oxygen atoms in total. The van der Waals surface area contributed by atoms with Crippen LogP contribution in [0.5, 0.6) is 0 Å². The largest absolute Gasteiger partial charge is 0.285 e. The molecule has 49 heavy (non-hydrogen) atoms. The maximum absolute atomic E-state index is 5.52. The first kappa shape index (κ1) is 27.4. The summed E-state index contributed by atoms with van der Waals surface area (Å²) >= 11 is 3.72. The summed E-state index contributed by atoms with van der Waals surface area (Å²) in [6.07, 6.45) is 8.15. The van der Waals surface area contributed by atoms with Gasteiger partial charge in [0, 0.05) is 36.9 Å². The highest BCUT2D eigenvalue weighted by Gasteiger charge is 2.23. The van der Waals surface area contributed by atoms with Crippen molar-refractivity contribution in [3.05, 3.63) is 163 Å². The molecule has 0 amide bonds. The molecule has 4 heteroatoms. The van der Waals surface area contributed by atoms with Crippen molar-refractivity contribution in [2.75, 3.05) is 0 Å². The predicted molar refractivity (Wildman–Crippen MR) is 213 cm³/mol. The van der Waals surface area contributed by atoms with Gasteiger partial charge >= 0.3 is 0 Å². The molecule has 3 heterocycles. The molecular weight excluding hydrogens is 633 g/mol. The molecule has 0 saturated carbocycles. The van der Waals surface area contributed by atoms with Gasteiger partial charge in [-0.1, -0.05) is 133 Å². The van der Waals surface area contributed by atoms with Gasteiger partial charge in [0.2, 0.25) is 0 Å². The Hall–Kier alpha value is -5.55. The van der Waals surface area contributed by atoms with E-state index in [0.29, 0.717) is 0 Å². The van der Waals surface area contributed by atoms with Crippen LogP contribution in [0.4, 0.5) is 0 Å². The fourth-order valence-electron chi connectivity index (χ4n) is 8.05. The Morgan fingerprint density at radius 2 is 1.29 bits per heavy atom. The summed E-state index contributed by atoms with van der Waals surface area (Å²) in [4.78, 5) is 5.52. The lowest BCUT2D eigenvalue weighted by atomic mass is 9.87. The molecule has 1 atom stereocenters. The molecule has 0 saturated heterocycles. The monoisotopic (exact) mass is 660 g/mol. The van der Waals surface area contributed by atoms with Crippen molar-refractivity contribution in [1.82, 2.24) is 9.55 Å². The first-order valence-electron chi connectivity index (χ1n) is 16.8. The van der Waals surface area contributed by atoms with Gasteiger partial charge in [-0.05, 0) is 75.0 Å². The third-order valence-corrected chi connectivity index (χ3v) is 12.6. The summed E-state index contributed by atoms with van der Waals surface area (Å²) in [6, 6.07) is 48.8. The number of fused-ring (bicyclic) bond motifs is 11. The van der Waals surface area contributed by atoms with E-state index in [1.807, 2.05) is 22.7 Å². The van der Waals surface area contributed by atoms with Crippen LogP contribution in [0, 0.1) is 0 Å². The Kier molecular flexibility index (Phi) is 5.86. The molecule has 7 aromatic carbocycles. The molecule has 0 spiro atoms. The molecule has 1 aliphatic carbocycles. The fraction of sp³-hybridized carbons (Fsp3) is 0.0444. The lowest BCUT2D eigenvalue weighted by Gasteiger charge is -2.18. The van der Waals surface area contributed by atoms with Crippen molar-refractivity contribution in [2.24, 2.45) is 0 Å². The Labute approximate surface area is 290 Å². The number of rotatable bonds is 3. The van der Waals surface area contributed by atoms with E-state index in [4.69, 9.17) is 4.98 Å². The van der Waals surface area contributed by atoms with E-state index in [9.17, 15) is 0 Å². The van der Waals surface area contributed by atoms with Gasteiger partial charge in [-0.15, -0.1) is 11.3 Å². The zero-order valence-electron chi connectivity index (χ0n) is 26.4. The van der Waals surface area contributed by atoms with Gasteiger partial charge in [0.25, 0.3) is 0 Å². The van der Waals surface area contributed by atoms with Gasteiger partial charge in [0.05, 0.1) is 21.3 Å². The summed E-state index contributed by atoms with van der Waals surface area (Å²) < 4.78 is 6.29. The average molecular weight is 661 g/mol. The van der Waals surface area contributed by atoms with Crippen molar-refractivity contribution < 1.29 is 0 Å². The molecule has 1 aliphatic rings. The number of thiazole rings is 1. The number of thiophene rings is 1. The van der Waals surface area contributed by atoms with Gasteiger partial charge in [-0.25, -0.2) is 4.98 Å². The Bertz CT molecular complexity index is 2990. The second kappa shape index (κ2) is 10.5. The predicted octanol–water partition coefficient (Wildman–Crippen LogP) is 13.2. The topological polar surface area (TPSA) is 17.8 Å². The van der Waals surface area contributed by atoms with Crippen LogP contribution in [0.2, 0.25) is 0 Å². The van der Waals surface area contributed by atoms with Crippen molar-refractivity contribution in [1.29, 1.82) is 0 Å². The molecule has 0 N–H and O–H groups in total. The lowest BCUT2D eigenvalue weighted by Crippen LogP contribution is -1.99. The van der Waals surface area contributed by atoms with Crippen LogP contribution in [0.15, 0.2) is 152 Å². The van der Waals surface area contributed by atoms with E-state index in [1.54, 1.807) is 0 Å². The zero-order chi connectivity index (χ0) is 32.1. The smallest absolute Gasteiger partial charge is 0.195 e. The van der Waals surface area contributed by atoms with E-state index in [-0.39, 0.29) is 5.92 Å². The van der Waals surface area contributed by atoms with Crippen molar-refractivity contribution in [3.8, 4) is 5.13 Å². The molecule has 230 valence electrons. The Morgan fingerprint density at radius 3 is 2.08 bits per heavy atom. The summed E-state index contributed by atoms with van der Waals surface area (Å²) in [6.45, 7) is 0. The number of para-hydroxylation sites is 2. The second-order valence-electron chi connectivity index (χ2n) is 13.1. The summed E-state index contributed by atoms with van der Waals surface area (Å²) in [5.41, 5.74) is 7.45. The number of benzene rings is 7. The molecule has 0 bridgehead atoms. The van der Waals surface area contributed by atoms with Crippen LogP contribution in [0.3, 0.4) is 0 Å². The molecule has 11 rings (SSSR count). The van der Waals surface area contributed by atoms with Crippen LogP contribution in [0.1, 0.15) is 23.5 Å². The van der Waals surface area contributed by atoms with Crippen molar-refractivity contribution in [3.63, 3.8) is 0 Å². The Morgan fingerprint density at radius 1 is 0.592 bits per heavy atom. The summed E-state index contributed by atoms with van der Waals surface area (Å²) in [7, 11) is 0. The van der Waals surface area contributed by atoms with Gasteiger partial charge in [-0.3, -0.25) is 4.57 Å². The number of nitrogens with zero attached hydrogens (tertiary/aromatic N) is 2. The molecule has 0 radical (unpaired) electrons. The number of hydrogen-bond acceptors (Lipinski definition) is 3. The standard InChI is InChI=1S/C45H28N2S2/c1-2-10-32-28(9-1)21-22-31-25-30(23-24-33(31)32)27-17-19-29(20-18-27)37-26-41-42(36-13-5-8-16-40(36)48-41)43-44(37)49-45(46-43)47-38-14-6-3-11-34(38)35-12-4-7-15-39(35)47/h1-19,21-26,29H,20H2. The zero-order valence-corrected chi connectivity index (χ0v) is 28.1. The third kappa shape index (κ3) is 4.08. The fourth-order valence-corrected chi connectivity index (χ4v) is 10.4. The SMILES string of the molecule is C1=CC(c2cc3sc4ccccc4c3c3nc(-n4c5ccccc5c5ccccc54)sc23)CC=C1c1ccc2c(ccc3ccccc32)c1. The quantitative estimate of drug-likeness (QED) is 0.172. The number of aromatic nitrogens is 2. The number of hydrogen-bond donors (Lipinski definition) is 0. The van der Waals surface area contributed by atoms with Gasteiger partial charge in [0.15, 0.2) is 5.13 Å². The van der Waals surface area contributed by atoms with E-state index < -0.39 is 0 Å². The third-order valence-electron chi connectivity index (χ3n) is 10.4. The van der Waals surface area contributed by atoms with Crippen molar-refractivity contribution in [2.45, 2.75) is 12.3 Å². The minimum atomic E-state index is 0.275. The molecule has 1 unspecified atom stereocenters. The van der Waals surface area contributed by atoms with Crippen LogP contribution < -0.4 is 0 Å². The molecule has 10 aromatic rings. The van der Waals surface area contributed by atoms with Crippen LogP contribution in [-0.2, 0) is 0 Å². The van der Waals surface area contributed by atoms with Crippen LogP contribution >= 0.6 is 22.7 Å². The maximum Gasteiger partial charge on any atom is 0.195 e. The lowest BCUT2D eigenvalue weighted by molar-refractivity contribution is 0.868. The Balaban J connectivity index is 1.06. The van der Waals surface area contributed by atoms with E-state index >= 15 is 0 Å². The molecule has 0 fully saturated rings. The van der Waals surface area contributed by atoms with Crippen LogP contribution in [0.25, 0.3) is 84.4 Å². The summed E-state index contributed by atoms with van der Waals surface area (Å²) in [5.74, 6) is 0.275. The minimum Gasteiger partial charge on any atom is -0.285 e. The van der Waals surface area contributed by atoms with E-state index in [0.717, 1.165) is 17.1 Å². The summed E-state index contributed by atoms with van der Waals surface area (Å²) in [5, 5.41) is 11.3. The van der Waals surface area contributed by atoms with Crippen molar-refractivity contribution >= 4 is 102 Å². The second-order valence-corrected chi connectivity index (χ2v) is 15.1.